The summed E-state index contributed by atoms with van der Waals surface area (Å²) in [4.78, 5) is 0.360. The molecule has 4 rings (SSSR count). The van der Waals surface area contributed by atoms with Gasteiger partial charge in [0.2, 0.25) is 0 Å². The molecule has 0 atom stereocenters. The minimum atomic E-state index is -3.18. The number of ether oxygens (including phenoxy) is 2. The lowest BCUT2D eigenvalue weighted by Gasteiger charge is -2.13. The van der Waals surface area contributed by atoms with E-state index in [0.717, 1.165) is 35.5 Å². The zero-order chi connectivity index (χ0) is 19.2. The molecule has 0 saturated heterocycles. The first-order chi connectivity index (χ1) is 12.8. The number of methoxy groups -OCH3 is 2. The van der Waals surface area contributed by atoms with Gasteiger partial charge in [-0.3, -0.25) is 0 Å². The summed E-state index contributed by atoms with van der Waals surface area (Å²) in [5.41, 5.74) is 5.31. The SMILES string of the molecule is COc1ccc(C2=C(c3ccc(S(C)(=O)=O)cc3)CC3(CC3)C2)cc1OC. The topological polar surface area (TPSA) is 52.6 Å². The van der Waals surface area contributed by atoms with Gasteiger partial charge in [0.1, 0.15) is 0 Å². The average molecular weight is 384 g/mol. The van der Waals surface area contributed by atoms with E-state index in [4.69, 9.17) is 9.47 Å². The molecule has 0 aliphatic heterocycles. The molecule has 27 heavy (non-hydrogen) atoms. The summed E-state index contributed by atoms with van der Waals surface area (Å²) in [6, 6.07) is 13.4. The Bertz CT molecular complexity index is 1010. The van der Waals surface area contributed by atoms with Crippen LogP contribution in [0.1, 0.15) is 36.8 Å². The summed E-state index contributed by atoms with van der Waals surface area (Å²) in [5, 5.41) is 0. The molecule has 4 nitrogen and oxygen atoms in total. The standard InChI is InChI=1S/C22H24O4S/c1-25-20-9-6-16(12-21(20)26-2)19-14-22(10-11-22)13-18(19)15-4-7-17(8-5-15)27(3,23)24/h4-9,12H,10-11,13-14H2,1-3H3. The highest BCUT2D eigenvalue weighted by molar-refractivity contribution is 7.90. The summed E-state index contributed by atoms with van der Waals surface area (Å²) >= 11 is 0. The van der Waals surface area contributed by atoms with E-state index in [2.05, 4.69) is 6.07 Å². The van der Waals surface area contributed by atoms with Gasteiger partial charge in [0.25, 0.3) is 0 Å². The van der Waals surface area contributed by atoms with Gasteiger partial charge in [-0.15, -0.1) is 0 Å². The zero-order valence-corrected chi connectivity index (χ0v) is 16.7. The van der Waals surface area contributed by atoms with Crippen molar-refractivity contribution in [1.29, 1.82) is 0 Å². The minimum absolute atomic E-state index is 0.360. The molecule has 0 radical (unpaired) electrons. The third kappa shape index (κ3) is 3.36. The van der Waals surface area contributed by atoms with Gasteiger partial charge >= 0.3 is 0 Å². The van der Waals surface area contributed by atoms with E-state index in [0.29, 0.717) is 10.3 Å². The fourth-order valence-electron chi connectivity index (χ4n) is 4.04. The summed E-state index contributed by atoms with van der Waals surface area (Å²) in [6.45, 7) is 0. The predicted octanol–water partition coefficient (Wildman–Crippen LogP) is 4.59. The highest BCUT2D eigenvalue weighted by atomic mass is 32.2. The van der Waals surface area contributed by atoms with Gasteiger partial charge in [0.05, 0.1) is 19.1 Å². The molecule has 2 aromatic rings. The van der Waals surface area contributed by atoms with Crippen LogP contribution in [-0.2, 0) is 9.84 Å². The molecule has 0 aromatic heterocycles. The lowest BCUT2D eigenvalue weighted by molar-refractivity contribution is 0.355. The Morgan fingerprint density at radius 3 is 1.89 bits per heavy atom. The molecule has 0 bridgehead atoms. The average Bonchev–Trinajstić information content (AvgIpc) is 3.31. The van der Waals surface area contributed by atoms with Crippen LogP contribution in [0.25, 0.3) is 11.1 Å². The second-order valence-corrected chi connectivity index (χ2v) is 9.69. The highest BCUT2D eigenvalue weighted by Crippen LogP contribution is 2.63. The fourth-order valence-corrected chi connectivity index (χ4v) is 4.67. The van der Waals surface area contributed by atoms with Crippen LogP contribution in [0.5, 0.6) is 11.5 Å². The number of rotatable bonds is 5. The van der Waals surface area contributed by atoms with Crippen molar-refractivity contribution in [3.8, 4) is 11.5 Å². The monoisotopic (exact) mass is 384 g/mol. The van der Waals surface area contributed by atoms with Crippen LogP contribution in [0.15, 0.2) is 47.4 Å². The Kier molecular flexibility index (Phi) is 4.30. The number of hydrogen-bond acceptors (Lipinski definition) is 4. The van der Waals surface area contributed by atoms with Gasteiger partial charge in [-0.05, 0) is 77.6 Å². The summed E-state index contributed by atoms with van der Waals surface area (Å²) in [6.07, 6.45) is 5.87. The van der Waals surface area contributed by atoms with Crippen LogP contribution in [0.2, 0.25) is 0 Å². The van der Waals surface area contributed by atoms with Gasteiger partial charge in [0.15, 0.2) is 21.3 Å². The van der Waals surface area contributed by atoms with Gasteiger partial charge < -0.3 is 9.47 Å². The van der Waals surface area contributed by atoms with Gasteiger partial charge in [-0.1, -0.05) is 18.2 Å². The number of hydrogen-bond donors (Lipinski definition) is 0. The number of allylic oxidation sites excluding steroid dienone is 2. The molecule has 142 valence electrons. The molecule has 0 heterocycles. The van der Waals surface area contributed by atoms with Crippen molar-refractivity contribution in [2.24, 2.45) is 5.41 Å². The lowest BCUT2D eigenvalue weighted by Crippen LogP contribution is -1.97. The maximum absolute atomic E-state index is 11.8. The smallest absolute Gasteiger partial charge is 0.175 e. The van der Waals surface area contributed by atoms with Crippen molar-refractivity contribution in [2.75, 3.05) is 20.5 Å². The van der Waals surface area contributed by atoms with E-state index in [9.17, 15) is 8.42 Å². The van der Waals surface area contributed by atoms with Crippen molar-refractivity contribution in [1.82, 2.24) is 0 Å². The van der Waals surface area contributed by atoms with Gasteiger partial charge in [-0.2, -0.15) is 0 Å². The first-order valence-electron chi connectivity index (χ1n) is 9.10. The molecule has 0 unspecified atom stereocenters. The molecule has 5 heteroatoms. The molecule has 0 N–H and O–H groups in total. The number of sulfone groups is 1. The number of benzene rings is 2. The van der Waals surface area contributed by atoms with E-state index < -0.39 is 9.84 Å². The first kappa shape index (κ1) is 18.1. The summed E-state index contributed by atoms with van der Waals surface area (Å²) in [5.74, 6) is 1.45. The Morgan fingerprint density at radius 2 is 1.37 bits per heavy atom. The molecule has 1 fully saturated rings. The molecular formula is C22H24O4S. The van der Waals surface area contributed by atoms with E-state index in [-0.39, 0.29) is 0 Å². The minimum Gasteiger partial charge on any atom is -0.493 e. The van der Waals surface area contributed by atoms with Crippen molar-refractivity contribution in [3.63, 3.8) is 0 Å². The maximum Gasteiger partial charge on any atom is 0.175 e. The van der Waals surface area contributed by atoms with Crippen LogP contribution < -0.4 is 9.47 Å². The third-order valence-electron chi connectivity index (χ3n) is 5.79. The molecular weight excluding hydrogens is 360 g/mol. The lowest BCUT2D eigenvalue weighted by atomic mass is 9.97. The predicted molar refractivity (Wildman–Crippen MR) is 107 cm³/mol. The largest absolute Gasteiger partial charge is 0.493 e. The van der Waals surface area contributed by atoms with E-state index in [1.165, 1.54) is 30.2 Å². The Hall–Kier alpha value is -2.27. The van der Waals surface area contributed by atoms with Crippen LogP contribution in [0, 0.1) is 5.41 Å². The quantitative estimate of drug-likeness (QED) is 0.756. The van der Waals surface area contributed by atoms with Crippen molar-refractivity contribution in [2.45, 2.75) is 30.6 Å². The fraction of sp³-hybridized carbons (Fsp3) is 0.364. The van der Waals surface area contributed by atoms with Crippen molar-refractivity contribution in [3.05, 3.63) is 53.6 Å². The van der Waals surface area contributed by atoms with Gasteiger partial charge in [0, 0.05) is 6.26 Å². The molecule has 1 spiro atoms. The molecule has 2 aliphatic rings. The summed E-state index contributed by atoms with van der Waals surface area (Å²) < 4.78 is 34.4. The van der Waals surface area contributed by atoms with Crippen molar-refractivity contribution >= 4 is 21.0 Å². The first-order valence-corrected chi connectivity index (χ1v) is 11.0. The zero-order valence-electron chi connectivity index (χ0n) is 15.9. The van der Waals surface area contributed by atoms with Crippen LogP contribution >= 0.6 is 0 Å². The second-order valence-electron chi connectivity index (χ2n) is 7.68. The Morgan fingerprint density at radius 1 is 0.815 bits per heavy atom. The Balaban J connectivity index is 1.78. The normalized spacial score (nSPS) is 18.0. The van der Waals surface area contributed by atoms with Crippen LogP contribution in [0.3, 0.4) is 0 Å². The van der Waals surface area contributed by atoms with Crippen molar-refractivity contribution < 1.29 is 17.9 Å². The maximum atomic E-state index is 11.8. The Labute approximate surface area is 160 Å². The third-order valence-corrected chi connectivity index (χ3v) is 6.92. The van der Waals surface area contributed by atoms with Crippen LogP contribution in [-0.4, -0.2) is 28.9 Å². The molecule has 0 amide bonds. The van der Waals surface area contributed by atoms with E-state index >= 15 is 0 Å². The highest BCUT2D eigenvalue weighted by Gasteiger charge is 2.48. The molecule has 2 aliphatic carbocycles. The van der Waals surface area contributed by atoms with Gasteiger partial charge in [-0.25, -0.2) is 8.42 Å². The molecule has 2 aromatic carbocycles. The second kappa shape index (κ2) is 6.41. The van der Waals surface area contributed by atoms with E-state index in [1.807, 2.05) is 24.3 Å². The van der Waals surface area contributed by atoms with Crippen LogP contribution in [0.4, 0.5) is 0 Å². The van der Waals surface area contributed by atoms with E-state index in [1.54, 1.807) is 26.4 Å². The summed E-state index contributed by atoms with van der Waals surface area (Å²) in [7, 11) is 0.107. The molecule has 1 saturated carbocycles.